The molecule has 0 rings (SSSR count). The van der Waals surface area contributed by atoms with Gasteiger partial charge in [-0.1, -0.05) is 0 Å². The molecule has 1 atom stereocenters. The fourth-order valence-corrected chi connectivity index (χ4v) is 1.30. The second kappa shape index (κ2) is 5.90. The van der Waals surface area contributed by atoms with E-state index in [1.807, 2.05) is 0 Å². The van der Waals surface area contributed by atoms with E-state index in [1.165, 1.54) is 14.0 Å². The Kier molecular flexibility index (Phi) is 5.34. The Morgan fingerprint density at radius 2 is 1.58 bits per heavy atom. The Labute approximate surface area is 112 Å². The van der Waals surface area contributed by atoms with Crippen molar-refractivity contribution in [2.75, 3.05) is 7.05 Å². The molecule has 0 aromatic heterocycles. The molecule has 0 heterocycles. The molecule has 1 amide bonds. The maximum Gasteiger partial charge on any atom is 0.410 e. The van der Waals surface area contributed by atoms with Crippen molar-refractivity contribution >= 4 is 18.0 Å². The van der Waals surface area contributed by atoms with Crippen LogP contribution in [0.5, 0.6) is 0 Å². The van der Waals surface area contributed by atoms with Gasteiger partial charge in [-0.3, -0.25) is 9.69 Å². The first kappa shape index (κ1) is 17.2. The van der Waals surface area contributed by atoms with Crippen LogP contribution in [0.2, 0.25) is 0 Å². The number of aliphatic carboxylic acids is 2. The number of amides is 1. The topological polar surface area (TPSA) is 104 Å². The minimum Gasteiger partial charge on any atom is -0.481 e. The summed E-state index contributed by atoms with van der Waals surface area (Å²) in [6.45, 7) is 6.28. The van der Waals surface area contributed by atoms with Crippen molar-refractivity contribution < 1.29 is 29.3 Å². The average Bonchev–Trinajstić information content (AvgIpc) is 2.21. The number of carbonyl (C=O) groups is 3. The summed E-state index contributed by atoms with van der Waals surface area (Å²) < 4.78 is 5.08. The summed E-state index contributed by atoms with van der Waals surface area (Å²) in [4.78, 5) is 34.6. The van der Waals surface area contributed by atoms with Crippen LogP contribution < -0.4 is 0 Å². The molecule has 0 fully saturated rings. The summed E-state index contributed by atoms with van der Waals surface area (Å²) in [5.74, 6) is -2.40. The molecule has 0 radical (unpaired) electrons. The first-order chi connectivity index (χ1) is 8.40. The predicted molar refractivity (Wildman–Crippen MR) is 66.9 cm³/mol. The Morgan fingerprint density at radius 1 is 1.11 bits per heavy atom. The zero-order valence-corrected chi connectivity index (χ0v) is 11.9. The number of hydrogen-bond donors (Lipinski definition) is 2. The van der Waals surface area contributed by atoms with Crippen LogP contribution in [0.25, 0.3) is 0 Å². The van der Waals surface area contributed by atoms with Crippen LogP contribution in [0.4, 0.5) is 4.79 Å². The molecule has 0 aromatic carbocycles. The SMILES string of the molecule is CN(C(=O)OC(C)(C)C)[C@@](C)(CCC(=O)O)C(=O)O. The number of nitrogens with zero attached hydrogens (tertiary/aromatic N) is 1. The van der Waals surface area contributed by atoms with Crippen LogP contribution in [0, 0.1) is 0 Å². The molecule has 0 aliphatic rings. The first-order valence-electron chi connectivity index (χ1n) is 5.82. The van der Waals surface area contributed by atoms with Crippen molar-refractivity contribution in [1.29, 1.82) is 0 Å². The zero-order valence-electron chi connectivity index (χ0n) is 11.9. The van der Waals surface area contributed by atoms with E-state index in [2.05, 4.69) is 0 Å². The second-order valence-electron chi connectivity index (χ2n) is 5.51. The highest BCUT2D eigenvalue weighted by atomic mass is 16.6. The van der Waals surface area contributed by atoms with Crippen molar-refractivity contribution in [3.63, 3.8) is 0 Å². The Bertz CT molecular complexity index is 373. The van der Waals surface area contributed by atoms with Crippen molar-refractivity contribution in [2.45, 2.75) is 51.7 Å². The number of likely N-dealkylation sites (N-methyl/N-ethyl adjacent to an activating group) is 1. The quantitative estimate of drug-likeness (QED) is 0.789. The van der Waals surface area contributed by atoms with Gasteiger partial charge in [-0.15, -0.1) is 0 Å². The van der Waals surface area contributed by atoms with E-state index in [4.69, 9.17) is 9.84 Å². The summed E-state index contributed by atoms with van der Waals surface area (Å²) in [5.41, 5.74) is -2.38. The van der Waals surface area contributed by atoms with Crippen LogP contribution >= 0.6 is 0 Å². The number of carbonyl (C=O) groups excluding carboxylic acids is 1. The lowest BCUT2D eigenvalue weighted by atomic mass is 9.94. The van der Waals surface area contributed by atoms with Gasteiger partial charge in [-0.2, -0.15) is 0 Å². The van der Waals surface area contributed by atoms with Gasteiger partial charge in [0.15, 0.2) is 0 Å². The van der Waals surface area contributed by atoms with Crippen LogP contribution in [0.15, 0.2) is 0 Å². The molecule has 2 N–H and O–H groups in total. The Balaban J connectivity index is 5.02. The van der Waals surface area contributed by atoms with Crippen LogP contribution in [-0.2, 0) is 14.3 Å². The standard InChI is InChI=1S/C12H21NO6/c1-11(2,3)19-10(18)13(5)12(4,9(16)17)7-6-8(14)15/h6-7H2,1-5H3,(H,14,15)(H,16,17)/t12-/m0/s1. The van der Waals surface area contributed by atoms with E-state index >= 15 is 0 Å². The fraction of sp³-hybridized carbons (Fsp3) is 0.750. The fourth-order valence-electron chi connectivity index (χ4n) is 1.30. The number of carboxylic acid groups (broad SMARTS) is 2. The second-order valence-corrected chi connectivity index (χ2v) is 5.51. The molecule has 0 aliphatic heterocycles. The minimum atomic E-state index is -1.62. The largest absolute Gasteiger partial charge is 0.481 e. The van der Waals surface area contributed by atoms with Crippen LogP contribution in [0.1, 0.15) is 40.5 Å². The van der Waals surface area contributed by atoms with Gasteiger partial charge >= 0.3 is 18.0 Å². The van der Waals surface area contributed by atoms with Gasteiger partial charge in [-0.05, 0) is 34.1 Å². The van der Waals surface area contributed by atoms with E-state index < -0.39 is 29.2 Å². The molecule has 7 nitrogen and oxygen atoms in total. The lowest BCUT2D eigenvalue weighted by molar-refractivity contribution is -0.150. The first-order valence-corrected chi connectivity index (χ1v) is 5.82. The minimum absolute atomic E-state index is 0.201. The van der Waals surface area contributed by atoms with Gasteiger partial charge in [0.2, 0.25) is 0 Å². The summed E-state index contributed by atoms with van der Waals surface area (Å²) >= 11 is 0. The molecule has 0 saturated carbocycles. The molecule has 7 heteroatoms. The van der Waals surface area contributed by atoms with Gasteiger partial charge in [-0.25, -0.2) is 9.59 Å². The lowest BCUT2D eigenvalue weighted by Gasteiger charge is -2.35. The summed E-state index contributed by atoms with van der Waals surface area (Å²) in [7, 11) is 1.28. The summed E-state index contributed by atoms with van der Waals surface area (Å²) in [6.07, 6.45) is -1.36. The molecule has 19 heavy (non-hydrogen) atoms. The van der Waals surface area contributed by atoms with E-state index in [0.29, 0.717) is 0 Å². The van der Waals surface area contributed by atoms with Crippen LogP contribution in [0.3, 0.4) is 0 Å². The maximum atomic E-state index is 11.8. The van der Waals surface area contributed by atoms with Crippen molar-refractivity contribution in [3.8, 4) is 0 Å². The summed E-state index contributed by atoms with van der Waals surface area (Å²) in [5, 5.41) is 17.9. The molecule has 110 valence electrons. The molecule has 0 unspecified atom stereocenters. The van der Waals surface area contributed by atoms with Gasteiger partial charge in [0.1, 0.15) is 11.1 Å². The van der Waals surface area contributed by atoms with Gasteiger partial charge in [0.05, 0.1) is 0 Å². The highest BCUT2D eigenvalue weighted by Crippen LogP contribution is 2.23. The number of hydrogen-bond acceptors (Lipinski definition) is 4. The van der Waals surface area contributed by atoms with Crippen molar-refractivity contribution in [2.24, 2.45) is 0 Å². The molecule has 0 aromatic rings. The van der Waals surface area contributed by atoms with E-state index in [9.17, 15) is 19.5 Å². The predicted octanol–water partition coefficient (Wildman–Crippen LogP) is 1.56. The number of ether oxygens (including phenoxy) is 1. The molecule has 0 bridgehead atoms. The molecular formula is C12H21NO6. The third-order valence-corrected chi connectivity index (χ3v) is 2.69. The third kappa shape index (κ3) is 5.15. The normalized spacial score (nSPS) is 14.4. The Hall–Kier alpha value is -1.79. The van der Waals surface area contributed by atoms with E-state index in [-0.39, 0.29) is 12.8 Å². The number of carboxylic acids is 2. The molecule has 0 spiro atoms. The average molecular weight is 275 g/mol. The van der Waals surface area contributed by atoms with Crippen LogP contribution in [-0.4, -0.2) is 51.3 Å². The Morgan fingerprint density at radius 3 is 1.89 bits per heavy atom. The third-order valence-electron chi connectivity index (χ3n) is 2.69. The zero-order chi connectivity index (χ0) is 15.4. The van der Waals surface area contributed by atoms with E-state index in [1.54, 1.807) is 20.8 Å². The van der Waals surface area contributed by atoms with E-state index in [0.717, 1.165) is 4.90 Å². The lowest BCUT2D eigenvalue weighted by Crippen LogP contribution is -2.54. The molecule has 0 saturated heterocycles. The highest BCUT2D eigenvalue weighted by Gasteiger charge is 2.42. The monoisotopic (exact) mass is 275 g/mol. The van der Waals surface area contributed by atoms with Crippen molar-refractivity contribution in [3.05, 3.63) is 0 Å². The molecule has 0 aliphatic carbocycles. The van der Waals surface area contributed by atoms with Gasteiger partial charge < -0.3 is 14.9 Å². The van der Waals surface area contributed by atoms with Gasteiger partial charge in [0.25, 0.3) is 0 Å². The maximum absolute atomic E-state index is 11.8. The molecular weight excluding hydrogens is 254 g/mol. The van der Waals surface area contributed by atoms with Gasteiger partial charge in [0, 0.05) is 13.5 Å². The summed E-state index contributed by atoms with van der Waals surface area (Å²) in [6, 6.07) is 0. The smallest absolute Gasteiger partial charge is 0.410 e. The number of rotatable bonds is 5. The van der Waals surface area contributed by atoms with Crippen molar-refractivity contribution in [1.82, 2.24) is 4.90 Å². The highest BCUT2D eigenvalue weighted by molar-refractivity contribution is 5.84.